The van der Waals surface area contributed by atoms with E-state index >= 15 is 0 Å². The topological polar surface area (TPSA) is 61.8 Å². The zero-order valence-electron chi connectivity index (χ0n) is 17.9. The number of morpholine rings is 1. The van der Waals surface area contributed by atoms with Crippen molar-refractivity contribution in [1.29, 1.82) is 0 Å². The molecule has 1 aliphatic heterocycles. The maximum atomic E-state index is 12.5. The molecule has 0 spiro atoms. The Morgan fingerprint density at radius 3 is 2.34 bits per heavy atom. The van der Waals surface area contributed by atoms with Gasteiger partial charge in [0, 0.05) is 26.1 Å². The van der Waals surface area contributed by atoms with E-state index in [1.165, 1.54) is 32.1 Å². The second-order valence-electron chi connectivity index (χ2n) is 7.81. The average molecular weight is 427 g/mol. The van der Waals surface area contributed by atoms with Crippen molar-refractivity contribution in [3.63, 3.8) is 0 Å². The number of aliphatic hydroxyl groups excluding tert-OH is 1. The van der Waals surface area contributed by atoms with E-state index in [0.29, 0.717) is 26.2 Å². The van der Waals surface area contributed by atoms with Gasteiger partial charge < -0.3 is 15.2 Å². The van der Waals surface area contributed by atoms with Crippen LogP contribution in [0.25, 0.3) is 0 Å². The standard InChI is InChI=1S/C23H38N2O3.ClH/c1-2-3-4-5-6-7-11-14-22(26)24-21(19-25-15-17-28-18-16-25)23(27)20-12-9-8-10-13-20;/h8-10,12-13,21,23,27H,2-7,11,14-19H2,1H3,(H,24,26);1H/t21-,23+;/m1./s1. The molecule has 0 aliphatic carbocycles. The van der Waals surface area contributed by atoms with E-state index in [-0.39, 0.29) is 24.4 Å². The first-order chi connectivity index (χ1) is 13.7. The molecule has 1 aromatic rings. The van der Waals surface area contributed by atoms with E-state index in [2.05, 4.69) is 17.1 Å². The van der Waals surface area contributed by atoms with Crippen molar-refractivity contribution >= 4 is 18.3 Å². The van der Waals surface area contributed by atoms with Crippen LogP contribution in [0.5, 0.6) is 0 Å². The molecule has 1 amide bonds. The van der Waals surface area contributed by atoms with Gasteiger partial charge in [-0.25, -0.2) is 0 Å². The number of unbranched alkanes of at least 4 members (excludes halogenated alkanes) is 6. The normalized spacial score (nSPS) is 16.6. The highest BCUT2D eigenvalue weighted by Crippen LogP contribution is 2.18. The monoisotopic (exact) mass is 426 g/mol. The number of aliphatic hydroxyl groups is 1. The predicted molar refractivity (Wildman–Crippen MR) is 120 cm³/mol. The molecule has 0 unspecified atom stereocenters. The number of carbonyl (C=O) groups excluding carboxylic acids is 1. The smallest absolute Gasteiger partial charge is 0.220 e. The highest BCUT2D eigenvalue weighted by molar-refractivity contribution is 5.85. The van der Waals surface area contributed by atoms with Crippen LogP contribution < -0.4 is 5.32 Å². The lowest BCUT2D eigenvalue weighted by Crippen LogP contribution is -2.49. The summed E-state index contributed by atoms with van der Waals surface area (Å²) in [7, 11) is 0. The van der Waals surface area contributed by atoms with Gasteiger partial charge in [0.1, 0.15) is 6.10 Å². The zero-order valence-corrected chi connectivity index (χ0v) is 18.7. The summed E-state index contributed by atoms with van der Waals surface area (Å²) in [6.07, 6.45) is 8.19. The number of amides is 1. The largest absolute Gasteiger partial charge is 0.386 e. The Labute approximate surface area is 182 Å². The number of benzene rings is 1. The second kappa shape index (κ2) is 15.7. The minimum absolute atomic E-state index is 0. The molecule has 0 saturated carbocycles. The highest BCUT2D eigenvalue weighted by Gasteiger charge is 2.26. The number of hydrogen-bond acceptors (Lipinski definition) is 4. The summed E-state index contributed by atoms with van der Waals surface area (Å²) in [5.74, 6) is 0.0433. The third-order valence-electron chi connectivity index (χ3n) is 5.43. The predicted octanol–water partition coefficient (Wildman–Crippen LogP) is 4.10. The quantitative estimate of drug-likeness (QED) is 0.466. The summed E-state index contributed by atoms with van der Waals surface area (Å²) < 4.78 is 5.42. The first-order valence-corrected chi connectivity index (χ1v) is 11.0. The van der Waals surface area contributed by atoms with Gasteiger partial charge in [-0.1, -0.05) is 75.8 Å². The number of ether oxygens (including phenoxy) is 1. The molecule has 5 nitrogen and oxygen atoms in total. The van der Waals surface area contributed by atoms with Gasteiger partial charge in [0.05, 0.1) is 19.3 Å². The van der Waals surface area contributed by atoms with Gasteiger partial charge in [-0.3, -0.25) is 9.69 Å². The van der Waals surface area contributed by atoms with Crippen LogP contribution in [0, 0.1) is 0 Å². The van der Waals surface area contributed by atoms with Crippen molar-refractivity contribution in [2.24, 2.45) is 0 Å². The van der Waals surface area contributed by atoms with Crippen molar-refractivity contribution in [2.75, 3.05) is 32.8 Å². The molecule has 1 aromatic carbocycles. The number of halogens is 1. The van der Waals surface area contributed by atoms with Crippen molar-refractivity contribution in [3.8, 4) is 0 Å². The molecule has 1 fully saturated rings. The molecule has 2 N–H and O–H groups in total. The van der Waals surface area contributed by atoms with Crippen molar-refractivity contribution in [1.82, 2.24) is 10.2 Å². The van der Waals surface area contributed by atoms with Crippen molar-refractivity contribution < 1.29 is 14.6 Å². The maximum absolute atomic E-state index is 12.5. The van der Waals surface area contributed by atoms with Crippen LogP contribution in [-0.4, -0.2) is 54.8 Å². The van der Waals surface area contributed by atoms with E-state index in [1.807, 2.05) is 30.3 Å². The van der Waals surface area contributed by atoms with Gasteiger partial charge in [-0.2, -0.15) is 0 Å². The minimum Gasteiger partial charge on any atom is -0.386 e. The van der Waals surface area contributed by atoms with Gasteiger partial charge in [-0.15, -0.1) is 12.4 Å². The lowest BCUT2D eigenvalue weighted by Gasteiger charge is -2.33. The first-order valence-electron chi connectivity index (χ1n) is 11.0. The summed E-state index contributed by atoms with van der Waals surface area (Å²) in [5, 5.41) is 14.0. The van der Waals surface area contributed by atoms with Crippen LogP contribution in [0.3, 0.4) is 0 Å². The van der Waals surface area contributed by atoms with E-state index in [0.717, 1.165) is 31.5 Å². The van der Waals surface area contributed by atoms with Gasteiger partial charge in [-0.05, 0) is 12.0 Å². The molecule has 166 valence electrons. The van der Waals surface area contributed by atoms with Gasteiger partial charge >= 0.3 is 0 Å². The van der Waals surface area contributed by atoms with Crippen molar-refractivity contribution in [3.05, 3.63) is 35.9 Å². The molecule has 0 bridgehead atoms. The first kappa shape index (κ1) is 25.9. The average Bonchev–Trinajstić information content (AvgIpc) is 2.73. The number of hydrogen-bond donors (Lipinski definition) is 2. The lowest BCUT2D eigenvalue weighted by atomic mass is 10.0. The Kier molecular flexibility index (Phi) is 14.0. The Bertz CT molecular complexity index is 538. The van der Waals surface area contributed by atoms with Crippen LogP contribution in [0.4, 0.5) is 0 Å². The third kappa shape index (κ3) is 10.4. The zero-order chi connectivity index (χ0) is 20.0. The molecular formula is C23H39ClN2O3. The molecule has 29 heavy (non-hydrogen) atoms. The SMILES string of the molecule is CCCCCCCCCC(=O)N[C@H](CN1CCOCC1)[C@@H](O)c1ccccc1.Cl. The molecule has 1 heterocycles. The van der Waals surface area contributed by atoms with Gasteiger partial charge in [0.15, 0.2) is 0 Å². The number of nitrogens with one attached hydrogen (secondary N) is 1. The Morgan fingerprint density at radius 2 is 1.69 bits per heavy atom. The molecule has 6 heteroatoms. The Morgan fingerprint density at radius 1 is 1.07 bits per heavy atom. The fraction of sp³-hybridized carbons (Fsp3) is 0.696. The summed E-state index contributed by atoms with van der Waals surface area (Å²) in [5.41, 5.74) is 0.844. The van der Waals surface area contributed by atoms with Crippen LogP contribution in [0.1, 0.15) is 70.0 Å². The Balaban J connectivity index is 0.00000420. The van der Waals surface area contributed by atoms with Gasteiger partial charge in [0.2, 0.25) is 5.91 Å². The molecule has 2 rings (SSSR count). The second-order valence-corrected chi connectivity index (χ2v) is 7.81. The minimum atomic E-state index is -0.706. The summed E-state index contributed by atoms with van der Waals surface area (Å²) in [6, 6.07) is 9.30. The van der Waals surface area contributed by atoms with Crippen molar-refractivity contribution in [2.45, 2.75) is 70.4 Å². The third-order valence-corrected chi connectivity index (χ3v) is 5.43. The molecule has 2 atom stereocenters. The summed E-state index contributed by atoms with van der Waals surface area (Å²) in [6.45, 7) is 5.96. The van der Waals surface area contributed by atoms with Crippen LogP contribution in [0.15, 0.2) is 30.3 Å². The highest BCUT2D eigenvalue weighted by atomic mass is 35.5. The van der Waals surface area contributed by atoms with E-state index < -0.39 is 6.10 Å². The van der Waals surface area contributed by atoms with Crippen LogP contribution in [0.2, 0.25) is 0 Å². The molecule has 1 saturated heterocycles. The van der Waals surface area contributed by atoms with E-state index in [1.54, 1.807) is 0 Å². The molecular weight excluding hydrogens is 388 g/mol. The fourth-order valence-corrected chi connectivity index (χ4v) is 3.69. The summed E-state index contributed by atoms with van der Waals surface area (Å²) in [4.78, 5) is 14.8. The number of carbonyl (C=O) groups is 1. The number of rotatable bonds is 13. The van der Waals surface area contributed by atoms with Gasteiger partial charge in [0.25, 0.3) is 0 Å². The van der Waals surface area contributed by atoms with E-state index in [4.69, 9.17) is 4.74 Å². The Hall–Kier alpha value is -1.14. The fourth-order valence-electron chi connectivity index (χ4n) is 3.69. The molecule has 0 aromatic heterocycles. The molecule has 0 radical (unpaired) electrons. The lowest BCUT2D eigenvalue weighted by molar-refractivity contribution is -0.123. The summed E-state index contributed by atoms with van der Waals surface area (Å²) >= 11 is 0. The number of nitrogens with zero attached hydrogens (tertiary/aromatic N) is 1. The van der Waals surface area contributed by atoms with Crippen LogP contribution in [-0.2, 0) is 9.53 Å². The van der Waals surface area contributed by atoms with E-state index in [9.17, 15) is 9.90 Å². The van der Waals surface area contributed by atoms with Crippen LogP contribution >= 0.6 is 12.4 Å². The maximum Gasteiger partial charge on any atom is 0.220 e. The molecule has 1 aliphatic rings.